The van der Waals surface area contributed by atoms with Crippen LogP contribution in [0.1, 0.15) is 15.9 Å². The molecule has 1 atom stereocenters. The zero-order valence-corrected chi connectivity index (χ0v) is 12.7. The van der Waals surface area contributed by atoms with Crippen molar-refractivity contribution in [1.29, 1.82) is 0 Å². The number of rotatable bonds is 3. The topological polar surface area (TPSA) is 46.2 Å². The Bertz CT molecular complexity index is 668. The quantitative estimate of drug-likeness (QED) is 0.941. The average Bonchev–Trinajstić information content (AvgIpc) is 2.43. The molecule has 0 fully saturated rings. The van der Waals surface area contributed by atoms with Crippen LogP contribution in [0.3, 0.4) is 0 Å². The van der Waals surface area contributed by atoms with E-state index < -0.39 is 10.8 Å². The van der Waals surface area contributed by atoms with Gasteiger partial charge in [-0.15, -0.1) is 0 Å². The second kappa shape index (κ2) is 6.20. The van der Waals surface area contributed by atoms with E-state index in [1.165, 1.54) is 0 Å². The van der Waals surface area contributed by atoms with E-state index in [0.717, 1.165) is 5.56 Å². The monoisotopic (exact) mass is 307 g/mol. The van der Waals surface area contributed by atoms with Gasteiger partial charge in [-0.2, -0.15) is 0 Å². The van der Waals surface area contributed by atoms with Crippen molar-refractivity contribution in [2.75, 3.05) is 11.6 Å². The smallest absolute Gasteiger partial charge is 0.255 e. The molecule has 1 N–H and O–H groups in total. The summed E-state index contributed by atoms with van der Waals surface area (Å²) in [6, 6.07) is 12.0. The Hall–Kier alpha value is -1.65. The fourth-order valence-electron chi connectivity index (χ4n) is 1.67. The summed E-state index contributed by atoms with van der Waals surface area (Å²) in [5.74, 6) is -0.224. The largest absolute Gasteiger partial charge is 0.322 e. The summed E-state index contributed by atoms with van der Waals surface area (Å²) in [5, 5.41) is 3.39. The van der Waals surface area contributed by atoms with Crippen LogP contribution in [-0.2, 0) is 10.8 Å². The molecule has 20 heavy (non-hydrogen) atoms. The van der Waals surface area contributed by atoms with Crippen molar-refractivity contribution < 1.29 is 9.00 Å². The highest BCUT2D eigenvalue weighted by molar-refractivity contribution is 7.84. The zero-order valence-electron chi connectivity index (χ0n) is 11.1. The fourth-order valence-corrected chi connectivity index (χ4v) is 2.37. The normalized spacial score (nSPS) is 11.9. The second-order valence-electron chi connectivity index (χ2n) is 4.40. The average molecular weight is 308 g/mol. The first-order valence-corrected chi connectivity index (χ1v) is 7.92. The van der Waals surface area contributed by atoms with Crippen LogP contribution in [0.15, 0.2) is 47.4 Å². The molecule has 0 radical (unpaired) electrons. The van der Waals surface area contributed by atoms with Gasteiger partial charge in [0.1, 0.15) is 0 Å². The third-order valence-corrected chi connectivity index (χ3v) is 4.22. The predicted molar refractivity (Wildman–Crippen MR) is 82.9 cm³/mol. The minimum absolute atomic E-state index is 0.224. The third kappa shape index (κ3) is 3.46. The van der Waals surface area contributed by atoms with E-state index in [1.54, 1.807) is 42.7 Å². The maximum absolute atomic E-state index is 12.1. The van der Waals surface area contributed by atoms with Crippen LogP contribution in [0.25, 0.3) is 0 Å². The number of benzene rings is 2. The SMILES string of the molecule is Cc1ccc(NC(=O)c2ccc(S(C)=O)cc2)cc1Cl. The van der Waals surface area contributed by atoms with Crippen LogP contribution in [0.2, 0.25) is 5.02 Å². The van der Waals surface area contributed by atoms with Crippen LogP contribution in [0.5, 0.6) is 0 Å². The number of anilines is 1. The van der Waals surface area contributed by atoms with Crippen LogP contribution in [0.4, 0.5) is 5.69 Å². The number of hydrogen-bond acceptors (Lipinski definition) is 2. The number of hydrogen-bond donors (Lipinski definition) is 1. The molecule has 0 saturated heterocycles. The van der Waals surface area contributed by atoms with Gasteiger partial charge in [-0.25, -0.2) is 0 Å². The Labute approximate surface area is 125 Å². The van der Waals surface area contributed by atoms with Gasteiger partial charge in [0.2, 0.25) is 0 Å². The first-order valence-electron chi connectivity index (χ1n) is 5.98. The molecule has 3 nitrogen and oxygen atoms in total. The molecule has 0 saturated carbocycles. The van der Waals surface area contributed by atoms with Gasteiger partial charge in [0.25, 0.3) is 5.91 Å². The molecule has 1 amide bonds. The lowest BCUT2D eigenvalue weighted by Gasteiger charge is -2.07. The highest BCUT2D eigenvalue weighted by atomic mass is 35.5. The standard InChI is InChI=1S/C15H14ClNO2S/c1-10-3-6-12(9-14(10)16)17-15(18)11-4-7-13(8-5-11)20(2)19/h3-9H,1-2H3,(H,17,18). The summed E-state index contributed by atoms with van der Waals surface area (Å²) in [6.45, 7) is 1.90. The lowest BCUT2D eigenvalue weighted by molar-refractivity contribution is 0.102. The summed E-state index contributed by atoms with van der Waals surface area (Å²) in [7, 11) is -1.04. The molecule has 0 heterocycles. The summed E-state index contributed by atoms with van der Waals surface area (Å²) in [4.78, 5) is 12.8. The molecule has 5 heteroatoms. The van der Waals surface area contributed by atoms with Crippen molar-refractivity contribution in [3.05, 3.63) is 58.6 Å². The number of carbonyl (C=O) groups excluding carboxylic acids is 1. The summed E-state index contributed by atoms with van der Waals surface area (Å²) in [6.07, 6.45) is 1.60. The predicted octanol–water partition coefficient (Wildman–Crippen LogP) is 3.64. The van der Waals surface area contributed by atoms with Gasteiger partial charge in [0.15, 0.2) is 0 Å². The van der Waals surface area contributed by atoms with Crippen LogP contribution >= 0.6 is 11.6 Å². The number of nitrogens with one attached hydrogen (secondary N) is 1. The van der Waals surface area contributed by atoms with Gasteiger partial charge in [-0.1, -0.05) is 17.7 Å². The molecule has 1 unspecified atom stereocenters. The summed E-state index contributed by atoms with van der Waals surface area (Å²) >= 11 is 6.01. The maximum atomic E-state index is 12.1. The van der Waals surface area contributed by atoms with Crippen molar-refractivity contribution in [2.24, 2.45) is 0 Å². The molecular formula is C15H14ClNO2S. The van der Waals surface area contributed by atoms with E-state index in [1.807, 2.05) is 13.0 Å². The molecule has 0 aliphatic heterocycles. The third-order valence-electron chi connectivity index (χ3n) is 2.88. The lowest BCUT2D eigenvalue weighted by Crippen LogP contribution is -2.11. The van der Waals surface area contributed by atoms with E-state index in [9.17, 15) is 9.00 Å². The zero-order chi connectivity index (χ0) is 14.7. The molecule has 0 aliphatic carbocycles. The highest BCUT2D eigenvalue weighted by Gasteiger charge is 2.07. The first-order chi connectivity index (χ1) is 9.47. The van der Waals surface area contributed by atoms with Gasteiger partial charge < -0.3 is 5.32 Å². The molecule has 0 aromatic heterocycles. The first kappa shape index (κ1) is 14.8. The fraction of sp³-hybridized carbons (Fsp3) is 0.133. The van der Waals surface area contributed by atoms with E-state index in [4.69, 9.17) is 11.6 Å². The Balaban J connectivity index is 2.15. The Kier molecular flexibility index (Phi) is 4.57. The summed E-state index contributed by atoms with van der Waals surface area (Å²) in [5.41, 5.74) is 2.11. The molecule has 0 spiro atoms. The number of carbonyl (C=O) groups is 1. The number of halogens is 1. The molecule has 2 rings (SSSR count). The van der Waals surface area contributed by atoms with Crippen molar-refractivity contribution >= 4 is 34.0 Å². The van der Waals surface area contributed by atoms with Gasteiger partial charge >= 0.3 is 0 Å². The molecule has 2 aromatic carbocycles. The molecule has 0 bridgehead atoms. The maximum Gasteiger partial charge on any atom is 0.255 e. The van der Waals surface area contributed by atoms with Crippen molar-refractivity contribution in [1.82, 2.24) is 0 Å². The Morgan fingerprint density at radius 2 is 1.80 bits per heavy atom. The Morgan fingerprint density at radius 3 is 2.35 bits per heavy atom. The van der Waals surface area contributed by atoms with Crippen molar-refractivity contribution in [3.8, 4) is 0 Å². The number of amides is 1. The van der Waals surface area contributed by atoms with Crippen LogP contribution < -0.4 is 5.32 Å². The summed E-state index contributed by atoms with van der Waals surface area (Å²) < 4.78 is 11.3. The minimum Gasteiger partial charge on any atom is -0.322 e. The molecular weight excluding hydrogens is 294 g/mol. The Morgan fingerprint density at radius 1 is 1.15 bits per heavy atom. The molecule has 104 valence electrons. The van der Waals surface area contributed by atoms with E-state index >= 15 is 0 Å². The molecule has 0 aliphatic rings. The lowest BCUT2D eigenvalue weighted by atomic mass is 10.2. The van der Waals surface area contributed by atoms with Crippen LogP contribution in [-0.4, -0.2) is 16.4 Å². The van der Waals surface area contributed by atoms with E-state index in [2.05, 4.69) is 5.32 Å². The van der Waals surface area contributed by atoms with Gasteiger partial charge in [-0.3, -0.25) is 9.00 Å². The second-order valence-corrected chi connectivity index (χ2v) is 6.18. The van der Waals surface area contributed by atoms with Gasteiger partial charge in [-0.05, 0) is 48.9 Å². The van der Waals surface area contributed by atoms with Crippen molar-refractivity contribution in [3.63, 3.8) is 0 Å². The van der Waals surface area contributed by atoms with Gasteiger partial charge in [0.05, 0.1) is 0 Å². The highest BCUT2D eigenvalue weighted by Crippen LogP contribution is 2.20. The van der Waals surface area contributed by atoms with Crippen molar-refractivity contribution in [2.45, 2.75) is 11.8 Å². The number of aryl methyl sites for hydroxylation is 1. The van der Waals surface area contributed by atoms with Gasteiger partial charge in [0, 0.05) is 38.2 Å². The minimum atomic E-state index is -1.04. The van der Waals surface area contributed by atoms with E-state index in [0.29, 0.717) is 21.2 Å². The van der Waals surface area contributed by atoms with E-state index in [-0.39, 0.29) is 5.91 Å². The van der Waals surface area contributed by atoms with Crippen LogP contribution in [0, 0.1) is 6.92 Å². The molecule has 2 aromatic rings.